The first-order valence-corrected chi connectivity index (χ1v) is 11.7. The smallest absolute Gasteiger partial charge is 0.265 e. The van der Waals surface area contributed by atoms with Crippen LogP contribution in [0.4, 0.5) is 5.69 Å². The van der Waals surface area contributed by atoms with Crippen LogP contribution >= 0.6 is 0 Å². The van der Waals surface area contributed by atoms with Gasteiger partial charge in [0, 0.05) is 37.8 Å². The van der Waals surface area contributed by atoms with Gasteiger partial charge in [0.15, 0.2) is 6.10 Å². The first-order chi connectivity index (χ1) is 15.2. The summed E-state index contributed by atoms with van der Waals surface area (Å²) in [6.45, 7) is 4.21. The van der Waals surface area contributed by atoms with Crippen LogP contribution in [0.1, 0.15) is 22.8 Å². The first-order valence-electron chi connectivity index (χ1n) is 10.3. The number of carbonyl (C=O) groups excluding carboxylic acids is 2. The van der Waals surface area contributed by atoms with E-state index < -0.39 is 16.1 Å². The molecule has 32 heavy (non-hydrogen) atoms. The van der Waals surface area contributed by atoms with Crippen molar-refractivity contribution in [1.29, 1.82) is 0 Å². The Morgan fingerprint density at radius 1 is 1.16 bits per heavy atom. The van der Waals surface area contributed by atoms with Gasteiger partial charge in [-0.25, -0.2) is 8.42 Å². The zero-order valence-corrected chi connectivity index (χ0v) is 18.9. The van der Waals surface area contributed by atoms with Crippen LogP contribution in [0.25, 0.3) is 0 Å². The number of carbonyl (C=O) groups is 2. The molecule has 1 atom stereocenters. The van der Waals surface area contributed by atoms with Crippen molar-refractivity contribution < 1.29 is 27.5 Å². The number of anilines is 1. The van der Waals surface area contributed by atoms with E-state index in [1.807, 2.05) is 0 Å². The van der Waals surface area contributed by atoms with E-state index in [0.717, 1.165) is 0 Å². The summed E-state index contributed by atoms with van der Waals surface area (Å²) in [5.74, 6) is 0.481. The van der Waals surface area contributed by atoms with Crippen molar-refractivity contribution in [2.45, 2.75) is 24.8 Å². The van der Waals surface area contributed by atoms with Crippen LogP contribution in [0, 0.1) is 6.92 Å². The summed E-state index contributed by atoms with van der Waals surface area (Å²) < 4.78 is 38.8. The molecule has 4 rings (SSSR count). The van der Waals surface area contributed by atoms with Crippen molar-refractivity contribution in [2.24, 2.45) is 0 Å². The Kier molecular flexibility index (Phi) is 5.83. The summed E-state index contributed by atoms with van der Waals surface area (Å²) >= 11 is 0. The Morgan fingerprint density at radius 3 is 2.56 bits per heavy atom. The quantitative estimate of drug-likeness (QED) is 0.748. The molecular weight excluding hydrogens is 434 g/mol. The number of piperazine rings is 1. The molecule has 2 heterocycles. The third-order valence-electron chi connectivity index (χ3n) is 5.67. The number of nitrogens with zero attached hydrogens (tertiary/aromatic N) is 2. The average molecular weight is 460 g/mol. The highest BCUT2D eigenvalue weighted by Crippen LogP contribution is 2.35. The fourth-order valence-corrected chi connectivity index (χ4v) is 5.47. The maximum absolute atomic E-state index is 13.3. The fourth-order valence-electron chi connectivity index (χ4n) is 3.83. The maximum Gasteiger partial charge on any atom is 0.265 e. The minimum absolute atomic E-state index is 0.132. The van der Waals surface area contributed by atoms with E-state index in [2.05, 4.69) is 5.32 Å². The molecule has 2 aliphatic rings. The van der Waals surface area contributed by atoms with Crippen LogP contribution in [-0.4, -0.2) is 68.8 Å². The van der Waals surface area contributed by atoms with Gasteiger partial charge in [-0.05, 0) is 43.7 Å². The molecule has 2 aliphatic heterocycles. The molecular formula is C22H25N3O6S. The maximum atomic E-state index is 13.3. The lowest BCUT2D eigenvalue weighted by Crippen LogP contribution is -2.50. The number of methoxy groups -OCH3 is 1. The summed E-state index contributed by atoms with van der Waals surface area (Å²) in [6, 6.07) is 9.96. The molecule has 0 aromatic heterocycles. The predicted molar refractivity (Wildman–Crippen MR) is 118 cm³/mol. The van der Waals surface area contributed by atoms with Crippen molar-refractivity contribution >= 4 is 27.5 Å². The topological polar surface area (TPSA) is 105 Å². The summed E-state index contributed by atoms with van der Waals surface area (Å²) in [5.41, 5.74) is 1.47. The summed E-state index contributed by atoms with van der Waals surface area (Å²) in [7, 11) is -2.26. The van der Waals surface area contributed by atoms with E-state index >= 15 is 0 Å². The van der Waals surface area contributed by atoms with E-state index in [1.54, 1.807) is 49.1 Å². The highest BCUT2D eigenvalue weighted by Gasteiger charge is 2.33. The number of ether oxygens (including phenoxy) is 2. The van der Waals surface area contributed by atoms with Gasteiger partial charge in [0.25, 0.3) is 11.8 Å². The summed E-state index contributed by atoms with van der Waals surface area (Å²) in [4.78, 5) is 26.4. The van der Waals surface area contributed by atoms with Crippen LogP contribution in [-0.2, 0) is 14.8 Å². The van der Waals surface area contributed by atoms with Gasteiger partial charge in [-0.1, -0.05) is 6.07 Å². The lowest BCUT2D eigenvalue weighted by atomic mass is 10.1. The first kappa shape index (κ1) is 22.1. The third-order valence-corrected chi connectivity index (χ3v) is 7.71. The molecule has 0 saturated carbocycles. The van der Waals surface area contributed by atoms with Gasteiger partial charge in [-0.3, -0.25) is 9.59 Å². The van der Waals surface area contributed by atoms with Gasteiger partial charge in [-0.2, -0.15) is 4.31 Å². The average Bonchev–Trinajstić information content (AvgIpc) is 2.79. The Balaban J connectivity index is 1.50. The minimum atomic E-state index is -3.80. The fraction of sp³-hybridized carbons (Fsp3) is 0.364. The molecule has 0 spiro atoms. The largest absolute Gasteiger partial charge is 0.497 e. The number of sulfonamides is 1. The SMILES string of the molecule is COc1cccc(C(=O)N2CCN(S(=O)(=O)c3cc4c(cc3C)NC(=O)[C@H](C)O4)CC2)c1. The number of hydrogen-bond donors (Lipinski definition) is 1. The number of nitrogens with one attached hydrogen (secondary N) is 1. The normalized spacial score (nSPS) is 19.0. The molecule has 1 fully saturated rings. The van der Waals surface area contributed by atoms with Gasteiger partial charge in [0.2, 0.25) is 10.0 Å². The zero-order chi connectivity index (χ0) is 23.0. The van der Waals surface area contributed by atoms with Crippen molar-refractivity contribution in [1.82, 2.24) is 9.21 Å². The predicted octanol–water partition coefficient (Wildman–Crippen LogP) is 1.87. The van der Waals surface area contributed by atoms with Crippen molar-refractivity contribution in [3.63, 3.8) is 0 Å². The van der Waals surface area contributed by atoms with Crippen molar-refractivity contribution in [3.05, 3.63) is 47.5 Å². The lowest BCUT2D eigenvalue weighted by Gasteiger charge is -2.34. The van der Waals surface area contributed by atoms with Crippen LogP contribution in [0.5, 0.6) is 11.5 Å². The molecule has 1 saturated heterocycles. The van der Waals surface area contributed by atoms with E-state index in [0.29, 0.717) is 28.3 Å². The Hall–Kier alpha value is -3.11. The molecule has 170 valence electrons. The van der Waals surface area contributed by atoms with Gasteiger partial charge >= 0.3 is 0 Å². The van der Waals surface area contributed by atoms with Crippen molar-refractivity contribution in [2.75, 3.05) is 38.6 Å². The van der Waals surface area contributed by atoms with E-state index in [4.69, 9.17) is 9.47 Å². The molecule has 0 unspecified atom stereocenters. The molecule has 10 heteroatoms. The van der Waals surface area contributed by atoms with Gasteiger partial charge in [0.1, 0.15) is 11.5 Å². The monoisotopic (exact) mass is 459 g/mol. The molecule has 1 N–H and O–H groups in total. The van der Waals surface area contributed by atoms with E-state index in [-0.39, 0.29) is 42.9 Å². The number of benzene rings is 2. The Morgan fingerprint density at radius 2 is 1.88 bits per heavy atom. The second kappa shape index (κ2) is 8.44. The Bertz CT molecular complexity index is 1170. The Labute approximate surface area is 187 Å². The molecule has 9 nitrogen and oxygen atoms in total. The number of aryl methyl sites for hydroxylation is 1. The molecule has 2 aromatic rings. The second-order valence-electron chi connectivity index (χ2n) is 7.79. The molecule has 2 amide bonds. The van der Waals surface area contributed by atoms with Crippen LogP contribution in [0.3, 0.4) is 0 Å². The molecule has 2 aromatic carbocycles. The highest BCUT2D eigenvalue weighted by molar-refractivity contribution is 7.89. The number of fused-ring (bicyclic) bond motifs is 1. The van der Waals surface area contributed by atoms with E-state index in [1.165, 1.54) is 17.5 Å². The van der Waals surface area contributed by atoms with Gasteiger partial charge < -0.3 is 19.7 Å². The standard InChI is InChI=1S/C22H25N3O6S/c1-14-11-18-19(31-15(2)21(26)23-18)13-20(14)32(28,29)25-9-7-24(8-10-25)22(27)16-5-4-6-17(12-16)30-3/h4-6,11-13,15H,7-10H2,1-3H3,(H,23,26)/t15-/m0/s1. The molecule has 0 radical (unpaired) electrons. The number of rotatable bonds is 4. The van der Waals surface area contributed by atoms with Crippen molar-refractivity contribution in [3.8, 4) is 11.5 Å². The number of amides is 2. The summed E-state index contributed by atoms with van der Waals surface area (Å²) in [5, 5.41) is 2.73. The van der Waals surface area contributed by atoms with Crippen LogP contribution < -0.4 is 14.8 Å². The second-order valence-corrected chi connectivity index (χ2v) is 9.70. The third kappa shape index (κ3) is 4.03. The number of hydrogen-bond acceptors (Lipinski definition) is 6. The van der Waals surface area contributed by atoms with Gasteiger partial charge in [-0.15, -0.1) is 0 Å². The van der Waals surface area contributed by atoms with Gasteiger partial charge in [0.05, 0.1) is 17.7 Å². The van der Waals surface area contributed by atoms with E-state index in [9.17, 15) is 18.0 Å². The lowest BCUT2D eigenvalue weighted by molar-refractivity contribution is -0.122. The zero-order valence-electron chi connectivity index (χ0n) is 18.1. The minimum Gasteiger partial charge on any atom is -0.497 e. The molecule has 0 bridgehead atoms. The van der Waals surface area contributed by atoms with Crippen LogP contribution in [0.15, 0.2) is 41.3 Å². The highest BCUT2D eigenvalue weighted by atomic mass is 32.2. The summed E-state index contributed by atoms with van der Waals surface area (Å²) in [6.07, 6.45) is -0.702. The van der Waals surface area contributed by atoms with Crippen LogP contribution in [0.2, 0.25) is 0 Å². The molecule has 0 aliphatic carbocycles.